The van der Waals surface area contributed by atoms with Gasteiger partial charge in [0.1, 0.15) is 6.61 Å². The van der Waals surface area contributed by atoms with E-state index in [4.69, 9.17) is 4.74 Å². The molecule has 1 N–H and O–H groups in total. The molecule has 2 atom stereocenters. The van der Waals surface area contributed by atoms with Gasteiger partial charge in [0.2, 0.25) is 5.91 Å². The SMILES string of the molecule is O=C1CO[C@H]2CCN(C(=O)N3CC4(CC(C/C(=C5\C=CCN5F)c5cccn5B(F)F)C4)C3)C[C@H]2N1. The summed E-state index contributed by atoms with van der Waals surface area (Å²) in [5, 5.41) is 3.54. The van der Waals surface area contributed by atoms with Crippen LogP contribution in [0.25, 0.3) is 5.57 Å². The zero-order valence-electron chi connectivity index (χ0n) is 19.9. The Morgan fingerprint density at radius 2 is 2.06 bits per heavy atom. The van der Waals surface area contributed by atoms with Crippen LogP contribution in [-0.2, 0) is 9.53 Å². The first kappa shape index (κ1) is 23.5. The van der Waals surface area contributed by atoms with Gasteiger partial charge in [-0.15, -0.1) is 0 Å². The molecule has 3 amide bonds. The monoisotopic (exact) mass is 503 g/mol. The molecular weight excluding hydrogens is 474 g/mol. The molecule has 192 valence electrons. The van der Waals surface area contributed by atoms with Gasteiger partial charge in [0.15, 0.2) is 0 Å². The van der Waals surface area contributed by atoms with Crippen molar-refractivity contribution in [2.45, 2.75) is 37.8 Å². The number of allylic oxidation sites excluding steroid dienone is 2. The Kier molecular flexibility index (Phi) is 5.81. The van der Waals surface area contributed by atoms with Crippen LogP contribution in [0.15, 0.2) is 36.2 Å². The second-order valence-corrected chi connectivity index (χ2v) is 10.8. The van der Waals surface area contributed by atoms with Crippen LogP contribution < -0.4 is 5.32 Å². The lowest BCUT2D eigenvalue weighted by molar-refractivity contribution is -0.140. The van der Waals surface area contributed by atoms with Crippen molar-refractivity contribution in [3.05, 3.63) is 41.9 Å². The summed E-state index contributed by atoms with van der Waals surface area (Å²) in [6, 6.07) is 3.01. The van der Waals surface area contributed by atoms with Crippen molar-refractivity contribution in [1.82, 2.24) is 24.7 Å². The van der Waals surface area contributed by atoms with E-state index in [9.17, 15) is 22.7 Å². The normalized spacial score (nSPS) is 28.5. The molecule has 1 aromatic heterocycles. The lowest BCUT2D eigenvalue weighted by atomic mass is 9.56. The number of ether oxygens (including phenoxy) is 1. The average molecular weight is 503 g/mol. The predicted octanol–water partition coefficient (Wildman–Crippen LogP) is 2.54. The Balaban J connectivity index is 1.06. The van der Waals surface area contributed by atoms with E-state index >= 15 is 0 Å². The molecule has 4 aliphatic heterocycles. The van der Waals surface area contributed by atoms with Gasteiger partial charge in [0.05, 0.1) is 24.4 Å². The molecule has 0 radical (unpaired) electrons. The number of morpholine rings is 1. The molecule has 5 heterocycles. The molecule has 4 fully saturated rings. The zero-order chi connectivity index (χ0) is 25.0. The molecular formula is C24H29BF3N5O3. The molecule has 1 saturated carbocycles. The molecule has 5 aliphatic rings. The average Bonchev–Trinajstić information content (AvgIpc) is 3.46. The third kappa shape index (κ3) is 4.08. The summed E-state index contributed by atoms with van der Waals surface area (Å²) in [4.78, 5) is 28.3. The maximum absolute atomic E-state index is 14.4. The number of urea groups is 1. The molecule has 0 unspecified atom stereocenters. The van der Waals surface area contributed by atoms with Crippen LogP contribution in [0.2, 0.25) is 0 Å². The lowest BCUT2D eigenvalue weighted by Crippen LogP contribution is -2.68. The van der Waals surface area contributed by atoms with Crippen LogP contribution >= 0.6 is 0 Å². The van der Waals surface area contributed by atoms with E-state index in [1.54, 1.807) is 29.2 Å². The molecule has 1 aromatic rings. The fourth-order valence-corrected chi connectivity index (χ4v) is 6.67. The molecule has 3 saturated heterocycles. The van der Waals surface area contributed by atoms with Gasteiger partial charge in [-0.3, -0.25) is 13.4 Å². The quantitative estimate of drug-likeness (QED) is 0.507. The van der Waals surface area contributed by atoms with Crippen LogP contribution in [0.3, 0.4) is 0 Å². The van der Waals surface area contributed by atoms with Crippen molar-refractivity contribution < 1.29 is 27.4 Å². The van der Waals surface area contributed by atoms with Crippen LogP contribution in [0.4, 0.5) is 17.9 Å². The zero-order valence-corrected chi connectivity index (χ0v) is 19.9. The van der Waals surface area contributed by atoms with Gasteiger partial charge in [-0.2, -0.15) is 0 Å². The molecule has 0 aromatic carbocycles. The molecule has 0 bridgehead atoms. The number of fused-ring (bicyclic) bond motifs is 1. The van der Waals surface area contributed by atoms with E-state index in [2.05, 4.69) is 5.32 Å². The van der Waals surface area contributed by atoms with Gasteiger partial charge in [-0.1, -0.05) is 10.6 Å². The van der Waals surface area contributed by atoms with Crippen molar-refractivity contribution >= 4 is 24.9 Å². The van der Waals surface area contributed by atoms with Gasteiger partial charge in [-0.05, 0) is 56.0 Å². The smallest absolute Gasteiger partial charge is 0.366 e. The highest BCUT2D eigenvalue weighted by molar-refractivity contribution is 6.41. The number of piperidine rings is 1. The van der Waals surface area contributed by atoms with E-state index in [0.29, 0.717) is 61.1 Å². The van der Waals surface area contributed by atoms with Crippen molar-refractivity contribution in [3.8, 4) is 0 Å². The molecule has 12 heteroatoms. The minimum Gasteiger partial charge on any atom is -0.366 e. The number of carbonyl (C=O) groups excluding carboxylic acids is 2. The number of carbonyl (C=O) groups is 2. The van der Waals surface area contributed by atoms with Gasteiger partial charge in [-0.25, -0.2) is 9.92 Å². The molecule has 6 rings (SSSR count). The standard InChI is InChI=1S/C24H29BF3N5O3/c26-25(27)32-6-1-3-19(32)17(20-4-2-7-33(20)28)9-16-10-24(11-16)14-31(15-24)23(35)30-8-5-21-18(12-30)29-22(34)13-36-21/h1-4,6,16,18,21H,5,7-15H2,(H,29,34)/b20-17-/t18-,21+/m1/s1. The fourth-order valence-electron chi connectivity index (χ4n) is 6.67. The summed E-state index contributed by atoms with van der Waals surface area (Å²) in [7, 11) is -2.69. The van der Waals surface area contributed by atoms with E-state index in [0.717, 1.165) is 17.3 Å². The summed E-state index contributed by atoms with van der Waals surface area (Å²) in [5.41, 5.74) is 1.36. The highest BCUT2D eigenvalue weighted by Crippen LogP contribution is 2.55. The number of nitrogens with one attached hydrogen (secondary N) is 1. The maximum Gasteiger partial charge on any atom is 0.677 e. The second kappa shape index (κ2) is 8.90. The Morgan fingerprint density at radius 1 is 1.25 bits per heavy atom. The summed E-state index contributed by atoms with van der Waals surface area (Å²) in [5.74, 6) is 0.103. The van der Waals surface area contributed by atoms with Gasteiger partial charge >= 0.3 is 13.4 Å². The number of hydrogen-bond donors (Lipinski definition) is 1. The van der Waals surface area contributed by atoms with Crippen molar-refractivity contribution in [3.63, 3.8) is 0 Å². The Morgan fingerprint density at radius 3 is 2.78 bits per heavy atom. The molecule has 1 aliphatic carbocycles. The van der Waals surface area contributed by atoms with E-state index in [1.807, 2.05) is 4.90 Å². The summed E-state index contributed by atoms with van der Waals surface area (Å²) in [6.07, 6.45) is 7.63. The van der Waals surface area contributed by atoms with E-state index in [-0.39, 0.29) is 48.6 Å². The lowest BCUT2D eigenvalue weighted by Gasteiger charge is -2.60. The van der Waals surface area contributed by atoms with E-state index < -0.39 is 7.40 Å². The minimum atomic E-state index is -2.69. The highest BCUT2D eigenvalue weighted by atomic mass is 19.2. The summed E-state index contributed by atoms with van der Waals surface area (Å²) in [6.45, 7) is 2.60. The predicted molar refractivity (Wildman–Crippen MR) is 126 cm³/mol. The first-order valence-electron chi connectivity index (χ1n) is 12.6. The van der Waals surface area contributed by atoms with Gasteiger partial charge in [0.25, 0.3) is 0 Å². The second-order valence-electron chi connectivity index (χ2n) is 10.8. The van der Waals surface area contributed by atoms with Crippen LogP contribution in [0.1, 0.15) is 31.4 Å². The first-order chi connectivity index (χ1) is 17.3. The first-order valence-corrected chi connectivity index (χ1v) is 12.6. The maximum atomic E-state index is 14.4. The number of nitrogens with zero attached hydrogens (tertiary/aromatic N) is 4. The highest BCUT2D eigenvalue weighted by Gasteiger charge is 2.54. The van der Waals surface area contributed by atoms with Crippen LogP contribution in [0.5, 0.6) is 0 Å². The number of amides is 3. The largest absolute Gasteiger partial charge is 0.677 e. The van der Waals surface area contributed by atoms with Crippen molar-refractivity contribution in [2.24, 2.45) is 11.3 Å². The minimum absolute atomic E-state index is 0.0101. The Hall–Kier alpha value is -2.89. The summed E-state index contributed by atoms with van der Waals surface area (Å²) < 4.78 is 48.0. The Bertz CT molecular complexity index is 1110. The fraction of sp³-hybridized carbons (Fsp3) is 0.583. The van der Waals surface area contributed by atoms with Gasteiger partial charge in [0, 0.05) is 42.9 Å². The van der Waals surface area contributed by atoms with Crippen molar-refractivity contribution in [2.75, 3.05) is 39.3 Å². The molecule has 36 heavy (non-hydrogen) atoms. The molecule has 8 nitrogen and oxygen atoms in total. The van der Waals surface area contributed by atoms with Crippen LogP contribution in [0, 0.1) is 11.3 Å². The van der Waals surface area contributed by atoms with E-state index in [1.165, 1.54) is 6.20 Å². The topological polar surface area (TPSA) is 70.0 Å². The third-order valence-corrected chi connectivity index (χ3v) is 8.26. The number of aromatic nitrogens is 1. The number of rotatable bonds is 4. The van der Waals surface area contributed by atoms with Gasteiger partial charge < -0.3 is 24.3 Å². The number of halogens is 3. The van der Waals surface area contributed by atoms with Crippen molar-refractivity contribution in [1.29, 1.82) is 0 Å². The summed E-state index contributed by atoms with van der Waals surface area (Å²) >= 11 is 0. The van der Waals surface area contributed by atoms with Crippen LogP contribution in [-0.4, -0.2) is 90.2 Å². The Labute approximate surface area is 207 Å². The molecule has 1 spiro atoms. The third-order valence-electron chi connectivity index (χ3n) is 8.26. The number of hydrogen-bond acceptors (Lipinski definition) is 4. The number of likely N-dealkylation sites (tertiary alicyclic amines) is 2.